The Morgan fingerprint density at radius 2 is 1.80 bits per heavy atom. The lowest BCUT2D eigenvalue weighted by Gasteiger charge is -2.27. The van der Waals surface area contributed by atoms with Crippen LogP contribution in [0.25, 0.3) is 0 Å². The van der Waals surface area contributed by atoms with Gasteiger partial charge in [-0.05, 0) is 26.3 Å². The van der Waals surface area contributed by atoms with Crippen LogP contribution in [0.5, 0.6) is 0 Å². The van der Waals surface area contributed by atoms with E-state index in [1.165, 1.54) is 12.1 Å². The summed E-state index contributed by atoms with van der Waals surface area (Å²) in [4.78, 5) is 34.9. The maximum absolute atomic E-state index is 11.9. The van der Waals surface area contributed by atoms with E-state index in [1.807, 2.05) is 0 Å². The van der Waals surface area contributed by atoms with Crippen LogP contribution in [-0.2, 0) is 14.3 Å². The highest BCUT2D eigenvalue weighted by molar-refractivity contribution is 5.89. The van der Waals surface area contributed by atoms with Crippen molar-refractivity contribution in [1.29, 1.82) is 0 Å². The Balaban J connectivity index is 3.08. The van der Waals surface area contributed by atoms with Gasteiger partial charge in [-0.15, -0.1) is 0 Å². The van der Waals surface area contributed by atoms with Crippen LogP contribution < -0.4 is 0 Å². The van der Waals surface area contributed by atoms with Crippen LogP contribution in [0.15, 0.2) is 30.3 Å². The van der Waals surface area contributed by atoms with Gasteiger partial charge in [0.25, 0.3) is 0 Å². The second-order valence-corrected chi connectivity index (χ2v) is 5.14. The summed E-state index contributed by atoms with van der Waals surface area (Å²) < 4.78 is 5.04. The van der Waals surface area contributed by atoms with Crippen LogP contribution in [0, 0.1) is 0 Å². The van der Waals surface area contributed by atoms with Crippen LogP contribution in [0.3, 0.4) is 0 Å². The Bertz CT molecular complexity index is 492. The lowest BCUT2D eigenvalue weighted by Crippen LogP contribution is -2.41. The molecule has 0 heterocycles. The SMILES string of the molecule is CC(C)(C)OC(=O)N(C=O)C(C(=O)O)c1ccccc1. The van der Waals surface area contributed by atoms with E-state index in [0.29, 0.717) is 10.5 Å². The first kappa shape index (κ1) is 15.7. The standard InChI is InChI=1S/C14H17NO5/c1-14(2,3)20-13(19)15(9-16)11(12(17)18)10-7-5-4-6-8-10/h4-9,11H,1-3H3,(H,17,18). The average Bonchev–Trinajstić information content (AvgIpc) is 2.33. The number of benzene rings is 1. The van der Waals surface area contributed by atoms with Crippen molar-refractivity contribution in [2.24, 2.45) is 0 Å². The molecule has 1 aromatic rings. The normalized spacial score (nSPS) is 12.3. The summed E-state index contributed by atoms with van der Waals surface area (Å²) in [7, 11) is 0. The van der Waals surface area contributed by atoms with E-state index in [1.54, 1.807) is 39.0 Å². The predicted molar refractivity (Wildman–Crippen MR) is 71.0 cm³/mol. The van der Waals surface area contributed by atoms with Gasteiger partial charge in [0.15, 0.2) is 6.04 Å². The predicted octanol–water partition coefficient (Wildman–Crippen LogP) is 2.21. The van der Waals surface area contributed by atoms with Crippen molar-refractivity contribution >= 4 is 18.5 Å². The van der Waals surface area contributed by atoms with E-state index in [2.05, 4.69) is 0 Å². The number of hydrogen-bond donors (Lipinski definition) is 1. The number of imide groups is 1. The number of nitrogens with zero attached hydrogens (tertiary/aromatic N) is 1. The molecule has 0 spiro atoms. The van der Waals surface area contributed by atoms with E-state index < -0.39 is 23.7 Å². The van der Waals surface area contributed by atoms with Crippen molar-refractivity contribution in [3.05, 3.63) is 35.9 Å². The minimum atomic E-state index is -1.41. The lowest BCUT2D eigenvalue weighted by atomic mass is 10.1. The van der Waals surface area contributed by atoms with E-state index in [0.717, 1.165) is 0 Å². The Morgan fingerprint density at radius 3 is 2.20 bits per heavy atom. The molecule has 0 fully saturated rings. The molecule has 2 amide bonds. The largest absolute Gasteiger partial charge is 0.479 e. The van der Waals surface area contributed by atoms with E-state index in [4.69, 9.17) is 4.74 Å². The summed E-state index contributed by atoms with van der Waals surface area (Å²) in [6, 6.07) is 6.61. The molecular weight excluding hydrogens is 262 g/mol. The third-order valence-electron chi connectivity index (χ3n) is 2.35. The van der Waals surface area contributed by atoms with Gasteiger partial charge in [-0.1, -0.05) is 30.3 Å². The van der Waals surface area contributed by atoms with E-state index in [9.17, 15) is 19.5 Å². The van der Waals surface area contributed by atoms with Crippen LogP contribution in [0.1, 0.15) is 32.4 Å². The number of ether oxygens (including phenoxy) is 1. The van der Waals surface area contributed by atoms with E-state index in [-0.39, 0.29) is 6.41 Å². The van der Waals surface area contributed by atoms with Gasteiger partial charge in [0.2, 0.25) is 6.41 Å². The summed E-state index contributed by atoms with van der Waals surface area (Å²) in [6.07, 6.45) is -0.830. The van der Waals surface area contributed by atoms with Gasteiger partial charge in [0, 0.05) is 0 Å². The molecule has 1 atom stereocenters. The molecule has 0 aromatic heterocycles. The molecule has 0 bridgehead atoms. The number of carbonyl (C=O) groups is 3. The van der Waals surface area contributed by atoms with Gasteiger partial charge in [-0.3, -0.25) is 4.79 Å². The van der Waals surface area contributed by atoms with Crippen molar-refractivity contribution in [2.45, 2.75) is 32.4 Å². The number of rotatable bonds is 4. The molecule has 6 nitrogen and oxygen atoms in total. The zero-order chi connectivity index (χ0) is 15.3. The van der Waals surface area contributed by atoms with Gasteiger partial charge in [0.1, 0.15) is 5.60 Å². The summed E-state index contributed by atoms with van der Waals surface area (Å²) in [5.74, 6) is -1.31. The smallest absolute Gasteiger partial charge is 0.417 e. The van der Waals surface area contributed by atoms with Gasteiger partial charge < -0.3 is 9.84 Å². The van der Waals surface area contributed by atoms with Crippen molar-refractivity contribution in [1.82, 2.24) is 4.90 Å². The number of carboxylic acid groups (broad SMARTS) is 1. The van der Waals surface area contributed by atoms with Gasteiger partial charge in [0.05, 0.1) is 0 Å². The molecule has 1 N–H and O–H groups in total. The molecule has 1 rings (SSSR count). The van der Waals surface area contributed by atoms with Crippen molar-refractivity contribution in [2.75, 3.05) is 0 Å². The molecule has 0 aliphatic heterocycles. The monoisotopic (exact) mass is 279 g/mol. The fourth-order valence-corrected chi connectivity index (χ4v) is 1.58. The fourth-order valence-electron chi connectivity index (χ4n) is 1.58. The third kappa shape index (κ3) is 4.08. The highest BCUT2D eigenvalue weighted by atomic mass is 16.6. The second-order valence-electron chi connectivity index (χ2n) is 5.14. The molecular formula is C14H17NO5. The van der Waals surface area contributed by atoms with Crippen molar-refractivity contribution < 1.29 is 24.2 Å². The molecule has 6 heteroatoms. The minimum absolute atomic E-state index is 0.167. The zero-order valence-corrected chi connectivity index (χ0v) is 11.6. The molecule has 0 aliphatic rings. The molecule has 0 saturated carbocycles. The number of hydrogen-bond acceptors (Lipinski definition) is 4. The Morgan fingerprint density at radius 1 is 1.25 bits per heavy atom. The zero-order valence-electron chi connectivity index (χ0n) is 11.6. The first-order valence-corrected chi connectivity index (χ1v) is 6.00. The Labute approximate surface area is 117 Å². The second kappa shape index (κ2) is 6.18. The van der Waals surface area contributed by atoms with Crippen LogP contribution in [0.4, 0.5) is 4.79 Å². The lowest BCUT2D eigenvalue weighted by molar-refractivity contribution is -0.146. The topological polar surface area (TPSA) is 83.9 Å². The Hall–Kier alpha value is -2.37. The number of amides is 2. The van der Waals surface area contributed by atoms with E-state index >= 15 is 0 Å². The summed E-state index contributed by atoms with van der Waals surface area (Å²) in [6.45, 7) is 4.89. The molecule has 0 radical (unpaired) electrons. The molecule has 0 saturated heterocycles. The number of carbonyl (C=O) groups excluding carboxylic acids is 2. The van der Waals surface area contributed by atoms with Gasteiger partial charge >= 0.3 is 12.1 Å². The summed E-state index contributed by atoms with van der Waals surface area (Å²) in [5, 5.41) is 9.27. The third-order valence-corrected chi connectivity index (χ3v) is 2.35. The molecule has 1 aromatic carbocycles. The highest BCUT2D eigenvalue weighted by Crippen LogP contribution is 2.22. The Kier molecular flexibility index (Phi) is 4.85. The first-order valence-electron chi connectivity index (χ1n) is 6.00. The van der Waals surface area contributed by atoms with Crippen LogP contribution >= 0.6 is 0 Å². The maximum atomic E-state index is 11.9. The molecule has 1 unspecified atom stereocenters. The van der Waals surface area contributed by atoms with Gasteiger partial charge in [-0.25, -0.2) is 14.5 Å². The van der Waals surface area contributed by atoms with Crippen LogP contribution in [-0.4, -0.2) is 34.1 Å². The quantitative estimate of drug-likeness (QED) is 0.854. The fraction of sp³-hybridized carbons (Fsp3) is 0.357. The van der Waals surface area contributed by atoms with Gasteiger partial charge in [-0.2, -0.15) is 0 Å². The summed E-state index contributed by atoms with van der Waals surface area (Å²) in [5.41, 5.74) is -0.504. The van der Waals surface area contributed by atoms with Crippen molar-refractivity contribution in [3.63, 3.8) is 0 Å². The van der Waals surface area contributed by atoms with Crippen LogP contribution in [0.2, 0.25) is 0 Å². The van der Waals surface area contributed by atoms with Crippen molar-refractivity contribution in [3.8, 4) is 0 Å². The number of carboxylic acids is 1. The summed E-state index contributed by atoms with van der Waals surface area (Å²) >= 11 is 0. The molecule has 108 valence electrons. The first-order chi connectivity index (χ1) is 9.26. The molecule has 20 heavy (non-hydrogen) atoms. The average molecular weight is 279 g/mol. The maximum Gasteiger partial charge on any atom is 0.417 e. The molecule has 0 aliphatic carbocycles. The highest BCUT2D eigenvalue weighted by Gasteiger charge is 2.34. The number of aliphatic carboxylic acids is 1. The minimum Gasteiger partial charge on any atom is -0.479 e.